The van der Waals surface area contributed by atoms with E-state index in [2.05, 4.69) is 19.9 Å². The maximum absolute atomic E-state index is 13.3. The number of pyridine rings is 1. The molecule has 30 heavy (non-hydrogen) atoms. The summed E-state index contributed by atoms with van der Waals surface area (Å²) < 4.78 is 67.6. The van der Waals surface area contributed by atoms with E-state index in [1.165, 1.54) is 6.07 Å². The fourth-order valence-electron chi connectivity index (χ4n) is 3.22. The van der Waals surface area contributed by atoms with E-state index in [1.807, 2.05) is 24.3 Å². The maximum Gasteiger partial charge on any atom is 0.417 e. The van der Waals surface area contributed by atoms with Gasteiger partial charge >= 0.3 is 6.18 Å². The Balaban J connectivity index is 1.68. The number of sulfonamides is 1. The highest BCUT2D eigenvalue weighted by Crippen LogP contribution is 2.34. The summed E-state index contributed by atoms with van der Waals surface area (Å²) in [6, 6.07) is 5.04. The Morgan fingerprint density at radius 2 is 1.93 bits per heavy atom. The molecule has 1 unspecified atom stereocenters. The van der Waals surface area contributed by atoms with Gasteiger partial charge in [-0.25, -0.2) is 8.42 Å². The molecule has 3 N–H and O–H groups in total. The van der Waals surface area contributed by atoms with E-state index >= 15 is 0 Å². The van der Waals surface area contributed by atoms with Gasteiger partial charge in [0.15, 0.2) is 5.82 Å². The Hall–Kier alpha value is -3.34. The highest BCUT2D eigenvalue weighted by molar-refractivity contribution is 7.92. The minimum absolute atomic E-state index is 0.0190. The van der Waals surface area contributed by atoms with Crippen molar-refractivity contribution in [1.82, 2.24) is 15.2 Å². The predicted octanol–water partition coefficient (Wildman–Crippen LogP) is 3.67. The second kappa shape index (κ2) is 7.17. The van der Waals surface area contributed by atoms with Crippen molar-refractivity contribution in [2.45, 2.75) is 23.4 Å². The van der Waals surface area contributed by atoms with Gasteiger partial charge < -0.3 is 4.98 Å². The van der Waals surface area contributed by atoms with Crippen molar-refractivity contribution in [1.29, 1.82) is 0 Å². The first-order valence-electron chi connectivity index (χ1n) is 8.79. The van der Waals surface area contributed by atoms with Gasteiger partial charge in [0.1, 0.15) is 0 Å². The Morgan fingerprint density at radius 1 is 1.13 bits per heavy atom. The quantitative estimate of drug-likeness (QED) is 0.580. The molecule has 0 fully saturated rings. The number of halogens is 3. The molecular formula is C19H15F3N4O3S. The zero-order valence-corrected chi connectivity index (χ0v) is 16.0. The molecule has 1 aliphatic carbocycles. The van der Waals surface area contributed by atoms with Crippen molar-refractivity contribution in [2.24, 2.45) is 0 Å². The van der Waals surface area contributed by atoms with E-state index in [1.54, 1.807) is 0 Å². The van der Waals surface area contributed by atoms with E-state index in [9.17, 15) is 26.4 Å². The number of hydrogen-bond acceptors (Lipinski definition) is 4. The third-order valence-corrected chi connectivity index (χ3v) is 6.00. The van der Waals surface area contributed by atoms with Crippen molar-refractivity contribution in [3.8, 4) is 0 Å². The number of fused-ring (bicyclic) bond motifs is 1. The summed E-state index contributed by atoms with van der Waals surface area (Å²) in [6.07, 6.45) is 3.59. The van der Waals surface area contributed by atoms with E-state index in [0.29, 0.717) is 11.8 Å². The molecular weight excluding hydrogens is 421 g/mol. The Morgan fingerprint density at radius 3 is 2.63 bits per heavy atom. The molecule has 0 bridgehead atoms. The van der Waals surface area contributed by atoms with Crippen molar-refractivity contribution in [3.63, 3.8) is 0 Å². The molecule has 0 radical (unpaired) electrons. The lowest BCUT2D eigenvalue weighted by atomic mass is 9.98. The van der Waals surface area contributed by atoms with Gasteiger partial charge in [0.05, 0.1) is 10.5 Å². The van der Waals surface area contributed by atoms with Gasteiger partial charge in [-0.1, -0.05) is 24.3 Å². The predicted molar refractivity (Wildman–Crippen MR) is 105 cm³/mol. The third kappa shape index (κ3) is 3.88. The van der Waals surface area contributed by atoms with Gasteiger partial charge in [-0.3, -0.25) is 14.6 Å². The molecule has 1 aromatic carbocycles. The number of H-pyrrole nitrogens is 2. The van der Waals surface area contributed by atoms with Gasteiger partial charge in [0, 0.05) is 34.6 Å². The van der Waals surface area contributed by atoms with Crippen LogP contribution in [0.2, 0.25) is 0 Å². The molecule has 0 amide bonds. The highest BCUT2D eigenvalue weighted by Gasteiger charge is 2.33. The fourth-order valence-corrected chi connectivity index (χ4v) is 4.24. The van der Waals surface area contributed by atoms with Crippen LogP contribution in [0.25, 0.3) is 10.9 Å². The SMILES string of the molecule is O=c1cc(C(F)(F)F)c2cc(S(=O)(=O)Nc3cc(C4C=CC=CC4)[nH]n3)ccc2[nH]1. The second-order valence-corrected chi connectivity index (χ2v) is 8.40. The summed E-state index contributed by atoms with van der Waals surface area (Å²) in [5.41, 5.74) is -1.56. The molecule has 0 spiro atoms. The number of rotatable bonds is 4. The van der Waals surface area contributed by atoms with Gasteiger partial charge in [-0.2, -0.15) is 18.3 Å². The Kier molecular flexibility index (Phi) is 4.77. The van der Waals surface area contributed by atoms with Crippen molar-refractivity contribution in [3.05, 3.63) is 76.2 Å². The molecule has 2 aromatic heterocycles. The number of nitrogens with zero attached hydrogens (tertiary/aromatic N) is 1. The molecule has 4 rings (SSSR count). The van der Waals surface area contributed by atoms with Crippen LogP contribution in [0.3, 0.4) is 0 Å². The van der Waals surface area contributed by atoms with Crippen LogP contribution in [-0.4, -0.2) is 23.6 Å². The summed E-state index contributed by atoms with van der Waals surface area (Å²) in [6.45, 7) is 0. The molecule has 11 heteroatoms. The summed E-state index contributed by atoms with van der Waals surface area (Å²) in [5, 5.41) is 6.27. The first-order chi connectivity index (χ1) is 14.1. The lowest BCUT2D eigenvalue weighted by molar-refractivity contribution is -0.136. The maximum atomic E-state index is 13.3. The second-order valence-electron chi connectivity index (χ2n) is 6.72. The smallest absolute Gasteiger partial charge is 0.322 e. The van der Waals surface area contributed by atoms with Gasteiger partial charge in [0.25, 0.3) is 10.0 Å². The Bertz CT molecular complexity index is 1340. The zero-order chi connectivity index (χ0) is 21.5. The summed E-state index contributed by atoms with van der Waals surface area (Å²) in [4.78, 5) is 13.4. The number of nitrogens with one attached hydrogen (secondary N) is 3. The summed E-state index contributed by atoms with van der Waals surface area (Å²) in [5.74, 6) is 0.0400. The van der Waals surface area contributed by atoms with Crippen LogP contribution < -0.4 is 10.3 Å². The average molecular weight is 436 g/mol. The monoisotopic (exact) mass is 436 g/mol. The average Bonchev–Trinajstić information content (AvgIpc) is 3.14. The number of anilines is 1. The van der Waals surface area contributed by atoms with Crippen LogP contribution in [0.5, 0.6) is 0 Å². The molecule has 0 aliphatic heterocycles. The van der Waals surface area contributed by atoms with Crippen LogP contribution in [-0.2, 0) is 16.2 Å². The minimum Gasteiger partial charge on any atom is -0.322 e. The van der Waals surface area contributed by atoms with Gasteiger partial charge in [-0.15, -0.1) is 0 Å². The zero-order valence-electron chi connectivity index (χ0n) is 15.2. The minimum atomic E-state index is -4.82. The van der Waals surface area contributed by atoms with Crippen LogP contribution in [0.1, 0.15) is 23.6 Å². The molecule has 0 saturated carbocycles. The lowest BCUT2D eigenvalue weighted by Crippen LogP contribution is -2.16. The van der Waals surface area contributed by atoms with Crippen LogP contribution in [0, 0.1) is 0 Å². The van der Waals surface area contributed by atoms with E-state index in [-0.39, 0.29) is 17.3 Å². The molecule has 7 nitrogen and oxygen atoms in total. The molecule has 2 heterocycles. The van der Waals surface area contributed by atoms with Crippen LogP contribution in [0.15, 0.2) is 64.3 Å². The van der Waals surface area contributed by atoms with Crippen molar-refractivity contribution < 1.29 is 21.6 Å². The number of benzene rings is 1. The van der Waals surface area contributed by atoms with Gasteiger partial charge in [0.2, 0.25) is 5.56 Å². The van der Waals surface area contributed by atoms with E-state index in [4.69, 9.17) is 0 Å². The number of aromatic nitrogens is 3. The largest absolute Gasteiger partial charge is 0.417 e. The van der Waals surface area contributed by atoms with Crippen LogP contribution in [0.4, 0.5) is 19.0 Å². The lowest BCUT2D eigenvalue weighted by Gasteiger charge is -2.12. The molecule has 0 saturated heterocycles. The van der Waals surface area contributed by atoms with E-state index < -0.39 is 37.6 Å². The molecule has 1 aliphatic rings. The first kappa shape index (κ1) is 20.0. The number of alkyl halides is 3. The topological polar surface area (TPSA) is 108 Å². The molecule has 156 valence electrons. The summed E-state index contributed by atoms with van der Waals surface area (Å²) >= 11 is 0. The molecule has 1 atom stereocenters. The van der Waals surface area contributed by atoms with Crippen LogP contribution >= 0.6 is 0 Å². The third-order valence-electron chi connectivity index (χ3n) is 4.65. The Labute approximate surface area is 168 Å². The number of hydrogen-bond donors (Lipinski definition) is 3. The van der Waals surface area contributed by atoms with Crippen molar-refractivity contribution >= 4 is 26.7 Å². The molecule has 3 aromatic rings. The number of aromatic amines is 2. The standard InChI is InChI=1S/C19H15F3N4O3S/c20-19(21,22)14-9-18(27)23-15-7-6-12(8-13(14)15)30(28,29)26-17-10-16(24-25-17)11-4-2-1-3-5-11/h1-4,6-11H,5H2,(H,23,27)(H2,24,25,26). The first-order valence-corrected chi connectivity index (χ1v) is 10.3. The van der Waals surface area contributed by atoms with Crippen molar-refractivity contribution in [2.75, 3.05) is 4.72 Å². The number of allylic oxidation sites excluding steroid dienone is 4. The normalized spacial score (nSPS) is 16.8. The highest BCUT2D eigenvalue weighted by atomic mass is 32.2. The van der Waals surface area contributed by atoms with Gasteiger partial charge in [-0.05, 0) is 24.6 Å². The fraction of sp³-hybridized carbons (Fsp3) is 0.158. The summed E-state index contributed by atoms with van der Waals surface area (Å²) in [7, 11) is -4.22. The van der Waals surface area contributed by atoms with E-state index in [0.717, 1.165) is 24.6 Å².